The monoisotopic (exact) mass is 191 g/mol. The molecule has 0 amide bonds. The average Bonchev–Trinajstić information content (AvgIpc) is 2.02. The predicted molar refractivity (Wildman–Crippen MR) is 43.4 cm³/mol. The Bertz CT molecular complexity index is 311. The van der Waals surface area contributed by atoms with E-state index < -0.39 is 23.9 Å². The Labute approximate surface area is 73.0 Å². The minimum atomic E-state index is -5.14. The van der Waals surface area contributed by atoms with E-state index in [0.29, 0.717) is 0 Å². The summed E-state index contributed by atoms with van der Waals surface area (Å²) < 4.78 is 41.3. The molecule has 0 aliphatic rings. The molecule has 0 radical (unpaired) electrons. The zero-order chi connectivity index (χ0) is 10.1. The molecule has 0 bridgehead atoms. The number of hydrogen-bond donors (Lipinski definition) is 1. The third-order valence-electron chi connectivity index (χ3n) is 1.58. The smallest absolute Gasteiger partial charge is 0.504 e. The molecule has 6 heteroatoms. The maximum absolute atomic E-state index is 12.3. The molecule has 13 heavy (non-hydrogen) atoms. The van der Waals surface area contributed by atoms with Crippen LogP contribution in [-0.2, 0) is 0 Å². The van der Waals surface area contributed by atoms with Crippen LogP contribution in [0.3, 0.4) is 0 Å². The van der Waals surface area contributed by atoms with Crippen LogP contribution in [0.15, 0.2) is 18.2 Å². The molecule has 0 heterocycles. The van der Waals surface area contributed by atoms with E-state index in [1.807, 2.05) is 0 Å². The van der Waals surface area contributed by atoms with Crippen molar-refractivity contribution in [1.82, 2.24) is 0 Å². The summed E-state index contributed by atoms with van der Waals surface area (Å²) in [4.78, 5) is 0. The molecule has 1 N–H and O–H groups in total. The summed E-state index contributed by atoms with van der Waals surface area (Å²) >= 11 is 0. The van der Waals surface area contributed by atoms with E-state index in [9.17, 15) is 12.9 Å². The molecule has 0 aromatic heterocycles. The van der Waals surface area contributed by atoms with Crippen molar-refractivity contribution in [3.8, 4) is 11.5 Å². The number of para-hydroxylation sites is 1. The number of methoxy groups -OCH3 is 1. The van der Waals surface area contributed by atoms with Crippen molar-refractivity contribution < 1.29 is 22.8 Å². The number of halogens is 3. The molecule has 1 rings (SSSR count). The van der Waals surface area contributed by atoms with Crippen LogP contribution in [0, 0.1) is 0 Å². The summed E-state index contributed by atoms with van der Waals surface area (Å²) in [6.45, 7) is -5.14. The Balaban J connectivity index is 3.29. The lowest BCUT2D eigenvalue weighted by atomic mass is 9.79. The van der Waals surface area contributed by atoms with Crippen LogP contribution in [0.2, 0.25) is 0 Å². The highest BCUT2D eigenvalue weighted by Crippen LogP contribution is 2.26. The number of rotatable bonds is 2. The van der Waals surface area contributed by atoms with Gasteiger partial charge in [-0.15, -0.1) is 0 Å². The van der Waals surface area contributed by atoms with E-state index in [4.69, 9.17) is 5.11 Å². The fourth-order valence-corrected chi connectivity index (χ4v) is 1.02. The summed E-state index contributed by atoms with van der Waals surface area (Å²) in [5.74, 6) is -1.02. The Morgan fingerprint density at radius 2 is 1.92 bits per heavy atom. The van der Waals surface area contributed by atoms with Crippen molar-refractivity contribution >= 4 is 12.4 Å². The average molecular weight is 191 g/mol. The second kappa shape index (κ2) is 3.20. The van der Waals surface area contributed by atoms with E-state index in [1.54, 1.807) is 0 Å². The van der Waals surface area contributed by atoms with E-state index >= 15 is 0 Å². The maximum atomic E-state index is 12.3. The van der Waals surface area contributed by atoms with Gasteiger partial charge in [-0.05, 0) is 6.07 Å². The van der Waals surface area contributed by atoms with Crippen LogP contribution in [0.5, 0.6) is 11.5 Å². The number of phenols is 1. The first-order valence-electron chi connectivity index (χ1n) is 3.52. The van der Waals surface area contributed by atoms with Gasteiger partial charge >= 0.3 is 6.98 Å². The maximum Gasteiger partial charge on any atom is 0.513 e. The van der Waals surface area contributed by atoms with E-state index in [2.05, 4.69) is 4.74 Å². The Morgan fingerprint density at radius 3 is 2.31 bits per heavy atom. The van der Waals surface area contributed by atoms with Gasteiger partial charge in [-0.1, -0.05) is 17.6 Å². The first kappa shape index (κ1) is 9.76. The van der Waals surface area contributed by atoms with Gasteiger partial charge in [-0.3, -0.25) is 0 Å². The van der Waals surface area contributed by atoms with E-state index in [0.717, 1.165) is 25.3 Å². The summed E-state index contributed by atoms with van der Waals surface area (Å²) in [5, 5.41) is 9.04. The van der Waals surface area contributed by atoms with E-state index in [1.165, 1.54) is 0 Å². The Kier molecular flexibility index (Phi) is 2.40. The van der Waals surface area contributed by atoms with Gasteiger partial charge < -0.3 is 22.8 Å². The molecule has 2 nitrogen and oxygen atoms in total. The van der Waals surface area contributed by atoms with Crippen LogP contribution in [0.25, 0.3) is 0 Å². The SMILES string of the molecule is COc1c(O)cccc1[B-](F)(F)F. The van der Waals surface area contributed by atoms with Crippen LogP contribution in [-0.4, -0.2) is 19.2 Å². The molecule has 0 spiro atoms. The van der Waals surface area contributed by atoms with Gasteiger partial charge in [-0.2, -0.15) is 0 Å². The van der Waals surface area contributed by atoms with E-state index in [-0.39, 0.29) is 0 Å². The van der Waals surface area contributed by atoms with Gasteiger partial charge in [0.1, 0.15) is 5.75 Å². The zero-order valence-electron chi connectivity index (χ0n) is 6.80. The largest absolute Gasteiger partial charge is 0.513 e. The lowest BCUT2D eigenvalue weighted by Gasteiger charge is -2.18. The second-order valence-electron chi connectivity index (χ2n) is 2.47. The standard InChI is InChI=1S/C7H7BF3O2/c1-13-7-5(8(9,10)11)3-2-4-6(7)12/h2-4,12H,1H3/q-1. The lowest BCUT2D eigenvalue weighted by molar-refractivity contribution is 0.373. The molecule has 0 aliphatic carbocycles. The summed E-state index contributed by atoms with van der Waals surface area (Å²) in [6, 6.07) is 3.14. The Hall–Kier alpha value is -1.33. The quantitative estimate of drug-likeness (QED) is 0.716. The molecule has 0 unspecified atom stereocenters. The van der Waals surface area contributed by atoms with Crippen LogP contribution in [0.1, 0.15) is 0 Å². The molecule has 0 aliphatic heterocycles. The summed E-state index contributed by atoms with van der Waals surface area (Å²) in [7, 11) is 1.08. The van der Waals surface area contributed by atoms with Gasteiger partial charge in [0.05, 0.1) is 7.11 Å². The van der Waals surface area contributed by atoms with Crippen molar-refractivity contribution in [2.24, 2.45) is 0 Å². The van der Waals surface area contributed by atoms with Crippen LogP contribution >= 0.6 is 0 Å². The van der Waals surface area contributed by atoms with Gasteiger partial charge in [0.25, 0.3) is 0 Å². The minimum absolute atomic E-state index is 0.501. The van der Waals surface area contributed by atoms with Crippen molar-refractivity contribution in [3.05, 3.63) is 18.2 Å². The van der Waals surface area contributed by atoms with Gasteiger partial charge in [0, 0.05) is 0 Å². The first-order chi connectivity index (χ1) is 5.96. The van der Waals surface area contributed by atoms with Crippen molar-refractivity contribution in [1.29, 1.82) is 0 Å². The highest BCUT2D eigenvalue weighted by Gasteiger charge is 2.30. The van der Waals surface area contributed by atoms with Crippen molar-refractivity contribution in [2.75, 3.05) is 7.11 Å². The highest BCUT2D eigenvalue weighted by atomic mass is 19.4. The summed E-state index contributed by atoms with van der Waals surface area (Å²) in [6.07, 6.45) is 0. The minimum Gasteiger partial charge on any atom is -0.504 e. The number of aromatic hydroxyl groups is 1. The number of phenolic OH excluding ortho intramolecular Hbond substituents is 1. The number of benzene rings is 1. The van der Waals surface area contributed by atoms with Crippen LogP contribution < -0.4 is 10.2 Å². The first-order valence-corrected chi connectivity index (χ1v) is 3.52. The van der Waals surface area contributed by atoms with Gasteiger partial charge in [0.2, 0.25) is 0 Å². The second-order valence-corrected chi connectivity index (χ2v) is 2.47. The molecule has 0 atom stereocenters. The normalized spacial score (nSPS) is 11.4. The summed E-state index contributed by atoms with van der Waals surface area (Å²) in [5.41, 5.74) is -0.914. The molecular formula is C7H7BF3O2-. The molecule has 1 aromatic rings. The Morgan fingerprint density at radius 1 is 1.31 bits per heavy atom. The third-order valence-corrected chi connectivity index (χ3v) is 1.58. The van der Waals surface area contributed by atoms with Crippen molar-refractivity contribution in [2.45, 2.75) is 0 Å². The highest BCUT2D eigenvalue weighted by molar-refractivity contribution is 6.74. The van der Waals surface area contributed by atoms with Crippen molar-refractivity contribution in [3.63, 3.8) is 0 Å². The fraction of sp³-hybridized carbons (Fsp3) is 0.143. The lowest BCUT2D eigenvalue weighted by Crippen LogP contribution is -2.35. The molecule has 1 aromatic carbocycles. The third kappa shape index (κ3) is 1.88. The topological polar surface area (TPSA) is 29.5 Å². The molecule has 0 saturated carbocycles. The van der Waals surface area contributed by atoms with Gasteiger partial charge in [-0.25, -0.2) is 0 Å². The fourth-order valence-electron chi connectivity index (χ4n) is 1.02. The number of ether oxygens (including phenoxy) is 1. The van der Waals surface area contributed by atoms with Gasteiger partial charge in [0.15, 0.2) is 5.75 Å². The molecule has 0 saturated heterocycles. The zero-order valence-corrected chi connectivity index (χ0v) is 6.80. The molecule has 0 fully saturated rings. The van der Waals surface area contributed by atoms with Crippen LogP contribution in [0.4, 0.5) is 12.9 Å². The number of hydrogen-bond acceptors (Lipinski definition) is 2. The molecule has 72 valence electrons. The molecular weight excluding hydrogens is 184 g/mol. The predicted octanol–water partition coefficient (Wildman–Crippen LogP) is 1.46.